The van der Waals surface area contributed by atoms with Gasteiger partial charge in [0.25, 0.3) is 5.91 Å². The predicted octanol–water partition coefficient (Wildman–Crippen LogP) is 1.06. The Bertz CT molecular complexity index is 564. The predicted molar refractivity (Wildman–Crippen MR) is 62.9 cm³/mol. The zero-order valence-corrected chi connectivity index (χ0v) is 10.3. The maximum Gasteiger partial charge on any atom is 0.254 e. The van der Waals surface area contributed by atoms with E-state index in [1.807, 2.05) is 0 Å². The number of phenolic OH excluding ortho intramolecular Hbond substituents is 1. The maximum absolute atomic E-state index is 13.5. The molecule has 0 radical (unpaired) electrons. The van der Waals surface area contributed by atoms with Gasteiger partial charge in [0.05, 0.1) is 5.56 Å². The molecule has 6 nitrogen and oxygen atoms in total. The number of phenols is 1. The number of amides is 1. The standard InChI is InChI=1S/C11H12F3N3O3/c1-4(2-7(15)17-20)16-11(19)5-3-6(12)9(14)10(18)8(5)13/h3-4,18,20H,2H2,1H3,(H2,15,17)(H,16,19). The van der Waals surface area contributed by atoms with Crippen LogP contribution >= 0.6 is 0 Å². The van der Waals surface area contributed by atoms with Crippen molar-refractivity contribution in [3.63, 3.8) is 0 Å². The number of aromatic hydroxyl groups is 1. The van der Waals surface area contributed by atoms with Crippen molar-refractivity contribution in [2.75, 3.05) is 0 Å². The van der Waals surface area contributed by atoms with Gasteiger partial charge in [0, 0.05) is 12.5 Å². The number of carbonyl (C=O) groups is 1. The summed E-state index contributed by atoms with van der Waals surface area (Å²) in [7, 11) is 0. The van der Waals surface area contributed by atoms with Crippen LogP contribution in [0.3, 0.4) is 0 Å². The zero-order valence-electron chi connectivity index (χ0n) is 10.3. The van der Waals surface area contributed by atoms with E-state index in [1.165, 1.54) is 6.92 Å². The summed E-state index contributed by atoms with van der Waals surface area (Å²) < 4.78 is 39.4. The highest BCUT2D eigenvalue weighted by atomic mass is 19.2. The fraction of sp³-hybridized carbons (Fsp3) is 0.273. The van der Waals surface area contributed by atoms with Gasteiger partial charge in [0.1, 0.15) is 5.84 Å². The van der Waals surface area contributed by atoms with Gasteiger partial charge in [0.2, 0.25) is 5.82 Å². The molecule has 0 fully saturated rings. The Morgan fingerprint density at radius 1 is 1.45 bits per heavy atom. The van der Waals surface area contributed by atoms with E-state index in [9.17, 15) is 18.0 Å². The van der Waals surface area contributed by atoms with Crippen LogP contribution in [0.2, 0.25) is 0 Å². The summed E-state index contributed by atoms with van der Waals surface area (Å²) in [4.78, 5) is 11.7. The molecule has 0 aliphatic carbocycles. The summed E-state index contributed by atoms with van der Waals surface area (Å²) in [6, 6.07) is -0.330. The highest BCUT2D eigenvalue weighted by Gasteiger charge is 2.23. The normalized spacial score (nSPS) is 13.1. The van der Waals surface area contributed by atoms with Gasteiger partial charge in [-0.2, -0.15) is 4.39 Å². The van der Waals surface area contributed by atoms with Gasteiger partial charge in [-0.1, -0.05) is 5.16 Å². The largest absolute Gasteiger partial charge is 0.503 e. The molecule has 0 aliphatic heterocycles. The van der Waals surface area contributed by atoms with Crippen LogP contribution in [0.15, 0.2) is 11.2 Å². The van der Waals surface area contributed by atoms with Crippen molar-refractivity contribution in [3.05, 3.63) is 29.1 Å². The van der Waals surface area contributed by atoms with Crippen LogP contribution in [0.5, 0.6) is 5.75 Å². The van der Waals surface area contributed by atoms with E-state index in [4.69, 9.17) is 16.0 Å². The third kappa shape index (κ3) is 3.31. The first-order chi connectivity index (χ1) is 9.27. The Morgan fingerprint density at radius 3 is 2.60 bits per heavy atom. The van der Waals surface area contributed by atoms with Gasteiger partial charge in [-0.3, -0.25) is 4.79 Å². The maximum atomic E-state index is 13.5. The van der Waals surface area contributed by atoms with E-state index in [0.29, 0.717) is 6.07 Å². The lowest BCUT2D eigenvalue weighted by molar-refractivity contribution is 0.0935. The fourth-order valence-corrected chi connectivity index (χ4v) is 1.46. The molecule has 1 aromatic rings. The molecule has 0 spiro atoms. The first kappa shape index (κ1) is 15.6. The van der Waals surface area contributed by atoms with Crippen LogP contribution < -0.4 is 11.1 Å². The minimum Gasteiger partial charge on any atom is -0.503 e. The fourth-order valence-electron chi connectivity index (χ4n) is 1.46. The Morgan fingerprint density at radius 2 is 2.05 bits per heavy atom. The smallest absolute Gasteiger partial charge is 0.254 e. The number of carbonyl (C=O) groups excluding carboxylic acids is 1. The molecule has 0 aliphatic rings. The molecule has 1 atom stereocenters. The van der Waals surface area contributed by atoms with Crippen molar-refractivity contribution < 1.29 is 28.3 Å². The number of benzene rings is 1. The lowest BCUT2D eigenvalue weighted by Gasteiger charge is -2.14. The molecule has 1 amide bonds. The lowest BCUT2D eigenvalue weighted by Crippen LogP contribution is -2.36. The molecule has 0 saturated carbocycles. The second-order valence-electron chi connectivity index (χ2n) is 4.05. The molecule has 9 heteroatoms. The van der Waals surface area contributed by atoms with E-state index in [0.717, 1.165) is 0 Å². The van der Waals surface area contributed by atoms with Crippen LogP contribution in [0.25, 0.3) is 0 Å². The molecule has 1 unspecified atom stereocenters. The Hall–Kier alpha value is -2.45. The molecular weight excluding hydrogens is 279 g/mol. The van der Waals surface area contributed by atoms with Crippen molar-refractivity contribution in [2.24, 2.45) is 10.9 Å². The SMILES string of the molecule is CC(CC(N)=NO)NC(=O)c1cc(F)c(F)c(O)c1F. The number of halogens is 3. The third-order valence-electron chi connectivity index (χ3n) is 2.40. The summed E-state index contributed by atoms with van der Waals surface area (Å²) in [6.45, 7) is 1.47. The quantitative estimate of drug-likeness (QED) is 0.219. The number of amidine groups is 1. The highest BCUT2D eigenvalue weighted by molar-refractivity contribution is 5.95. The number of hydrogen-bond donors (Lipinski definition) is 4. The average Bonchev–Trinajstić information content (AvgIpc) is 2.39. The number of hydrogen-bond acceptors (Lipinski definition) is 4. The Balaban J connectivity index is 2.94. The molecule has 1 rings (SSSR count). The van der Waals surface area contributed by atoms with E-state index >= 15 is 0 Å². The molecule has 1 aromatic carbocycles. The highest BCUT2D eigenvalue weighted by Crippen LogP contribution is 2.25. The number of rotatable bonds is 4. The van der Waals surface area contributed by atoms with E-state index < -0.39 is 40.7 Å². The molecule has 110 valence electrons. The molecule has 0 bridgehead atoms. The molecular formula is C11H12F3N3O3. The topological polar surface area (TPSA) is 108 Å². The first-order valence-electron chi connectivity index (χ1n) is 5.41. The van der Waals surface area contributed by atoms with E-state index in [2.05, 4.69) is 10.5 Å². The number of nitrogens with one attached hydrogen (secondary N) is 1. The van der Waals surface area contributed by atoms with E-state index in [1.54, 1.807) is 0 Å². The van der Waals surface area contributed by atoms with Crippen LogP contribution in [0.1, 0.15) is 23.7 Å². The van der Waals surface area contributed by atoms with Gasteiger partial charge >= 0.3 is 0 Å². The van der Waals surface area contributed by atoms with E-state index in [-0.39, 0.29) is 12.3 Å². The molecule has 0 aromatic heterocycles. The monoisotopic (exact) mass is 291 g/mol. The van der Waals surface area contributed by atoms with Crippen LogP contribution in [0.4, 0.5) is 13.2 Å². The first-order valence-corrected chi connectivity index (χ1v) is 5.41. The Labute approximate surface area is 111 Å². The second kappa shape index (κ2) is 6.13. The second-order valence-corrected chi connectivity index (χ2v) is 4.05. The van der Waals surface area contributed by atoms with Crippen LogP contribution in [0, 0.1) is 17.5 Å². The zero-order chi connectivity index (χ0) is 15.4. The lowest BCUT2D eigenvalue weighted by atomic mass is 10.1. The summed E-state index contributed by atoms with van der Waals surface area (Å²) >= 11 is 0. The summed E-state index contributed by atoms with van der Waals surface area (Å²) in [5.41, 5.74) is 4.36. The van der Waals surface area contributed by atoms with Gasteiger partial charge in [-0.25, -0.2) is 8.78 Å². The van der Waals surface area contributed by atoms with Crippen molar-refractivity contribution in [2.45, 2.75) is 19.4 Å². The minimum atomic E-state index is -1.77. The van der Waals surface area contributed by atoms with Gasteiger partial charge < -0.3 is 21.4 Å². The number of oxime groups is 1. The molecule has 0 saturated heterocycles. The molecule has 5 N–H and O–H groups in total. The Kier molecular flexibility index (Phi) is 4.78. The van der Waals surface area contributed by atoms with Crippen molar-refractivity contribution in [1.29, 1.82) is 0 Å². The van der Waals surface area contributed by atoms with Gasteiger partial charge in [0.15, 0.2) is 17.4 Å². The average molecular weight is 291 g/mol. The van der Waals surface area contributed by atoms with Crippen molar-refractivity contribution in [3.8, 4) is 5.75 Å². The van der Waals surface area contributed by atoms with Gasteiger partial charge in [-0.05, 0) is 13.0 Å². The van der Waals surface area contributed by atoms with Crippen molar-refractivity contribution >= 4 is 11.7 Å². The van der Waals surface area contributed by atoms with Crippen molar-refractivity contribution in [1.82, 2.24) is 5.32 Å². The summed E-state index contributed by atoms with van der Waals surface area (Å²) in [6.07, 6.45) is -0.0421. The molecule has 0 heterocycles. The third-order valence-corrected chi connectivity index (χ3v) is 2.40. The number of nitrogens with zero attached hydrogens (tertiary/aromatic N) is 1. The van der Waals surface area contributed by atoms with Gasteiger partial charge in [-0.15, -0.1) is 0 Å². The number of nitrogens with two attached hydrogens (primary N) is 1. The van der Waals surface area contributed by atoms with Crippen LogP contribution in [-0.4, -0.2) is 28.1 Å². The summed E-state index contributed by atoms with van der Waals surface area (Å²) in [5.74, 6) is -7.72. The van der Waals surface area contributed by atoms with Crippen LogP contribution in [-0.2, 0) is 0 Å². The summed E-state index contributed by atoms with van der Waals surface area (Å²) in [5, 5.41) is 22.3. The minimum absolute atomic E-state index is 0.0421. The molecule has 20 heavy (non-hydrogen) atoms.